The molecule has 2 atom stereocenters. The number of rotatable bonds is 4. The van der Waals surface area contributed by atoms with E-state index in [-0.39, 0.29) is 17.7 Å². The molecule has 1 fully saturated rings. The molecule has 3 aliphatic heterocycles. The first-order chi connectivity index (χ1) is 34.7. The molecule has 1 aliphatic carbocycles. The van der Waals surface area contributed by atoms with E-state index < -0.39 is 0 Å². The smallest absolute Gasteiger partial charge is 0.252 e. The molecule has 9 aromatic carbocycles. The Kier molecular flexibility index (Phi) is 8.58. The summed E-state index contributed by atoms with van der Waals surface area (Å²) in [6, 6.07) is 66.5. The van der Waals surface area contributed by atoms with Crippen LogP contribution in [-0.4, -0.2) is 12.3 Å². The van der Waals surface area contributed by atoms with Crippen LogP contribution < -0.4 is 31.1 Å². The Balaban J connectivity index is 1.05. The molecule has 0 spiro atoms. The largest absolute Gasteiger partial charge is 0.454 e. The lowest BCUT2D eigenvalue weighted by Gasteiger charge is -2.51. The standard InChI is InChI=1S/C65H52BN3OS/c1-39-33-41(3)60-55(34-39)69(65(5)32-14-13-31-64(60,65)4)44-28-29-49-54(38-44)68(52-23-15-21-47-45-19-9-11-25-58(45)70-62(47)52)57-36-40(2)35-56-61(57)66(49)50-37-43(42-17-7-6-8-18-42)27-30-51(50)67(56)53-24-16-22-48-46-20-10-12-26-59(46)71-63(48)53/h6-12,15-30,33-38H,13-14,31-32H2,1-5H3. The van der Waals surface area contributed by atoms with E-state index in [0.29, 0.717) is 0 Å². The van der Waals surface area contributed by atoms with E-state index in [2.05, 4.69) is 225 Å². The van der Waals surface area contributed by atoms with Gasteiger partial charge in [-0.2, -0.15) is 0 Å². The van der Waals surface area contributed by atoms with Gasteiger partial charge in [-0.3, -0.25) is 0 Å². The average molecular weight is 934 g/mol. The summed E-state index contributed by atoms with van der Waals surface area (Å²) in [6.45, 7) is 12.0. The van der Waals surface area contributed by atoms with Gasteiger partial charge in [-0.05, 0) is 151 Å². The number of anilines is 8. The third-order valence-corrected chi connectivity index (χ3v) is 18.5. The number of nitrogens with zero attached hydrogens (tertiary/aromatic N) is 3. The Labute approximate surface area is 419 Å². The van der Waals surface area contributed by atoms with Crippen LogP contribution in [0.1, 0.15) is 61.8 Å². The fourth-order valence-electron chi connectivity index (χ4n) is 14.2. The number of furan rings is 1. The molecule has 0 amide bonds. The quantitative estimate of drug-likeness (QED) is 0.164. The summed E-state index contributed by atoms with van der Waals surface area (Å²) < 4.78 is 9.63. The van der Waals surface area contributed by atoms with Crippen LogP contribution in [0.4, 0.5) is 45.5 Å². The van der Waals surface area contributed by atoms with Crippen molar-refractivity contribution in [3.8, 4) is 11.1 Å². The van der Waals surface area contributed by atoms with Crippen LogP contribution in [0.5, 0.6) is 0 Å². The van der Waals surface area contributed by atoms with Crippen LogP contribution in [0, 0.1) is 20.8 Å². The Bertz CT molecular complexity index is 4080. The Hall–Kier alpha value is -7.54. The highest BCUT2D eigenvalue weighted by atomic mass is 32.1. The molecule has 0 bridgehead atoms. The summed E-state index contributed by atoms with van der Waals surface area (Å²) in [6.07, 6.45) is 4.81. The first-order valence-electron chi connectivity index (χ1n) is 25.5. The lowest BCUT2D eigenvalue weighted by atomic mass is 9.33. The lowest BCUT2D eigenvalue weighted by Crippen LogP contribution is -2.61. The number of hydrogen-bond donors (Lipinski definition) is 0. The summed E-state index contributed by atoms with van der Waals surface area (Å²) in [7, 11) is 0. The molecule has 0 radical (unpaired) electrons. The molecule has 15 rings (SSSR count). The first kappa shape index (κ1) is 41.3. The average Bonchev–Trinajstić information content (AvgIpc) is 4.02. The van der Waals surface area contributed by atoms with Crippen molar-refractivity contribution in [3.05, 3.63) is 198 Å². The van der Waals surface area contributed by atoms with Crippen LogP contribution in [0.3, 0.4) is 0 Å². The van der Waals surface area contributed by atoms with Gasteiger partial charge in [0.2, 0.25) is 0 Å². The summed E-state index contributed by atoms with van der Waals surface area (Å²) in [5, 5.41) is 4.86. The van der Waals surface area contributed by atoms with Crippen molar-refractivity contribution >= 4 is 122 Å². The molecule has 4 nitrogen and oxygen atoms in total. The molecule has 2 aromatic heterocycles. The van der Waals surface area contributed by atoms with E-state index in [0.717, 1.165) is 34.0 Å². The Morgan fingerprint density at radius 3 is 2.04 bits per heavy atom. The van der Waals surface area contributed by atoms with Gasteiger partial charge in [0.25, 0.3) is 6.71 Å². The van der Waals surface area contributed by atoms with Crippen molar-refractivity contribution in [2.24, 2.45) is 0 Å². The van der Waals surface area contributed by atoms with Crippen molar-refractivity contribution in [2.45, 2.75) is 71.3 Å². The van der Waals surface area contributed by atoms with Crippen molar-refractivity contribution in [1.29, 1.82) is 0 Å². The zero-order valence-corrected chi connectivity index (χ0v) is 41.6. The maximum absolute atomic E-state index is 7.02. The van der Waals surface area contributed by atoms with Gasteiger partial charge in [0.15, 0.2) is 5.58 Å². The Morgan fingerprint density at radius 1 is 0.507 bits per heavy atom. The Morgan fingerprint density at radius 2 is 1.20 bits per heavy atom. The van der Waals surface area contributed by atoms with E-state index in [1.807, 2.05) is 11.3 Å². The maximum atomic E-state index is 7.02. The monoisotopic (exact) mass is 933 g/mol. The predicted molar refractivity (Wildman–Crippen MR) is 303 cm³/mol. The lowest BCUT2D eigenvalue weighted by molar-refractivity contribution is 0.194. The molecular formula is C65H52BN3OS. The van der Waals surface area contributed by atoms with E-state index >= 15 is 0 Å². The number of para-hydroxylation sites is 2. The third-order valence-electron chi connectivity index (χ3n) is 17.3. The van der Waals surface area contributed by atoms with Gasteiger partial charge in [-0.1, -0.05) is 135 Å². The van der Waals surface area contributed by atoms with Gasteiger partial charge in [-0.15, -0.1) is 11.3 Å². The fourth-order valence-corrected chi connectivity index (χ4v) is 15.4. The number of benzene rings is 9. The SMILES string of the molecule is Cc1cc2c3c(c1)N(c1cccc4c1sc1ccccc14)c1ccc(-c4ccccc4)cc1B3c1ccc(N3c4cc(C)cc(C)c4C4(C)CCCCC34C)cc1N2c1cccc2c1oc1ccccc12. The van der Waals surface area contributed by atoms with E-state index in [4.69, 9.17) is 4.42 Å². The predicted octanol–water partition coefficient (Wildman–Crippen LogP) is 16.4. The first-order valence-corrected chi connectivity index (χ1v) is 26.3. The molecule has 4 aliphatic rings. The zero-order valence-electron chi connectivity index (χ0n) is 40.8. The van der Waals surface area contributed by atoms with Crippen LogP contribution in [-0.2, 0) is 5.41 Å². The van der Waals surface area contributed by atoms with Crippen LogP contribution in [0.25, 0.3) is 53.2 Å². The molecule has 6 heteroatoms. The second-order valence-electron chi connectivity index (χ2n) is 21.3. The summed E-state index contributed by atoms with van der Waals surface area (Å²) in [5.74, 6) is 0. The second-order valence-corrected chi connectivity index (χ2v) is 22.4. The minimum Gasteiger partial charge on any atom is -0.454 e. The normalized spacial score (nSPS) is 18.8. The van der Waals surface area contributed by atoms with Gasteiger partial charge < -0.3 is 19.1 Å². The van der Waals surface area contributed by atoms with Crippen molar-refractivity contribution < 1.29 is 4.42 Å². The molecule has 1 saturated carbocycles. The molecule has 0 saturated heterocycles. The number of aryl methyl sites for hydroxylation is 3. The summed E-state index contributed by atoms with van der Waals surface area (Å²) in [4.78, 5) is 7.95. The van der Waals surface area contributed by atoms with Crippen molar-refractivity contribution in [1.82, 2.24) is 0 Å². The van der Waals surface area contributed by atoms with Crippen LogP contribution in [0.15, 0.2) is 180 Å². The summed E-state index contributed by atoms with van der Waals surface area (Å²) >= 11 is 1.90. The highest BCUT2D eigenvalue weighted by molar-refractivity contribution is 7.26. The number of thiophene rings is 1. The van der Waals surface area contributed by atoms with Gasteiger partial charge in [-0.25, -0.2) is 0 Å². The van der Waals surface area contributed by atoms with Crippen molar-refractivity contribution in [3.63, 3.8) is 0 Å². The topological polar surface area (TPSA) is 22.9 Å². The van der Waals surface area contributed by atoms with Crippen molar-refractivity contribution in [2.75, 3.05) is 14.7 Å². The molecule has 71 heavy (non-hydrogen) atoms. The van der Waals surface area contributed by atoms with Gasteiger partial charge in [0, 0.05) is 65.8 Å². The van der Waals surface area contributed by atoms with E-state index in [1.165, 1.54) is 129 Å². The highest BCUT2D eigenvalue weighted by Crippen LogP contribution is 2.62. The maximum Gasteiger partial charge on any atom is 0.252 e. The number of hydrogen-bond acceptors (Lipinski definition) is 5. The molecule has 0 N–H and O–H groups in total. The van der Waals surface area contributed by atoms with Gasteiger partial charge in [0.1, 0.15) is 5.58 Å². The zero-order chi connectivity index (χ0) is 47.5. The molecule has 2 unspecified atom stereocenters. The van der Waals surface area contributed by atoms with Gasteiger partial charge in [0.05, 0.1) is 21.6 Å². The molecule has 5 heterocycles. The summed E-state index contributed by atoms with van der Waals surface area (Å²) in [5.41, 5.74) is 23.2. The van der Waals surface area contributed by atoms with E-state index in [9.17, 15) is 0 Å². The number of fused-ring (bicyclic) bond motifs is 13. The molecule has 11 aromatic rings. The minimum atomic E-state index is -0.101. The van der Waals surface area contributed by atoms with Crippen LogP contribution >= 0.6 is 11.3 Å². The third kappa shape index (κ3) is 5.57. The van der Waals surface area contributed by atoms with E-state index in [1.54, 1.807) is 0 Å². The van der Waals surface area contributed by atoms with Gasteiger partial charge >= 0.3 is 0 Å². The fraction of sp³-hybridized carbons (Fsp3) is 0.169. The highest BCUT2D eigenvalue weighted by Gasteiger charge is 2.58. The second kappa shape index (κ2) is 14.8. The van der Waals surface area contributed by atoms with Crippen LogP contribution in [0.2, 0.25) is 0 Å². The molecule has 342 valence electrons. The minimum absolute atomic E-state index is 0.0172. The molecular weight excluding hydrogens is 882 g/mol.